The molecular formula is C16H27N3. The molecule has 1 unspecified atom stereocenters. The molecule has 0 radical (unpaired) electrons. The number of hydrogen-bond acceptors (Lipinski definition) is 3. The third-order valence-electron chi connectivity index (χ3n) is 3.96. The molecule has 1 N–H and O–H groups in total. The quantitative estimate of drug-likeness (QED) is 0.847. The lowest BCUT2D eigenvalue weighted by atomic mass is 10.2. The van der Waals surface area contributed by atoms with Gasteiger partial charge >= 0.3 is 0 Å². The van der Waals surface area contributed by atoms with Gasteiger partial charge in [-0.05, 0) is 25.1 Å². The number of hydrogen-bond donors (Lipinski definition) is 1. The highest BCUT2D eigenvalue weighted by Gasteiger charge is 2.19. The van der Waals surface area contributed by atoms with Crippen LogP contribution in [0.4, 0.5) is 5.69 Å². The molecule has 106 valence electrons. The highest BCUT2D eigenvalue weighted by molar-refractivity contribution is 5.46. The zero-order chi connectivity index (χ0) is 13.5. The van der Waals surface area contributed by atoms with Crippen molar-refractivity contribution in [2.24, 2.45) is 0 Å². The first kappa shape index (κ1) is 14.4. The Kier molecular flexibility index (Phi) is 5.67. The van der Waals surface area contributed by atoms with Gasteiger partial charge in [0.25, 0.3) is 0 Å². The van der Waals surface area contributed by atoms with E-state index >= 15 is 0 Å². The Bertz CT molecular complexity index is 344. The molecule has 1 aromatic rings. The van der Waals surface area contributed by atoms with E-state index in [-0.39, 0.29) is 0 Å². The molecule has 1 atom stereocenters. The van der Waals surface area contributed by atoms with E-state index in [1.807, 2.05) is 0 Å². The molecule has 0 spiro atoms. The molecule has 0 bridgehead atoms. The summed E-state index contributed by atoms with van der Waals surface area (Å²) in [6.07, 6.45) is 1.22. The Morgan fingerprint density at radius 2 is 1.74 bits per heavy atom. The summed E-state index contributed by atoms with van der Waals surface area (Å²) >= 11 is 0. The zero-order valence-corrected chi connectivity index (χ0v) is 12.3. The minimum absolute atomic E-state index is 0.647. The molecule has 1 saturated heterocycles. The number of para-hydroxylation sites is 1. The van der Waals surface area contributed by atoms with Gasteiger partial charge < -0.3 is 10.2 Å². The second-order valence-corrected chi connectivity index (χ2v) is 5.29. The van der Waals surface area contributed by atoms with Crippen molar-refractivity contribution >= 4 is 5.69 Å². The SMILES string of the molecule is CCNC(CC)CN1CCN(c2ccccc2)CC1. The molecule has 0 aliphatic carbocycles. The highest BCUT2D eigenvalue weighted by Crippen LogP contribution is 2.15. The van der Waals surface area contributed by atoms with Crippen LogP contribution in [-0.4, -0.2) is 50.2 Å². The van der Waals surface area contributed by atoms with E-state index in [0.29, 0.717) is 6.04 Å². The minimum atomic E-state index is 0.647. The average Bonchev–Trinajstić information content (AvgIpc) is 2.48. The molecule has 0 saturated carbocycles. The number of likely N-dealkylation sites (N-methyl/N-ethyl adjacent to an activating group) is 1. The smallest absolute Gasteiger partial charge is 0.0367 e. The second kappa shape index (κ2) is 7.51. The summed E-state index contributed by atoms with van der Waals surface area (Å²) in [6.45, 7) is 11.4. The molecule has 3 nitrogen and oxygen atoms in total. The fraction of sp³-hybridized carbons (Fsp3) is 0.625. The van der Waals surface area contributed by atoms with Crippen LogP contribution >= 0.6 is 0 Å². The van der Waals surface area contributed by atoms with Crippen molar-refractivity contribution in [2.75, 3.05) is 44.2 Å². The van der Waals surface area contributed by atoms with Crippen molar-refractivity contribution in [1.29, 1.82) is 0 Å². The maximum absolute atomic E-state index is 3.57. The number of benzene rings is 1. The van der Waals surface area contributed by atoms with E-state index in [4.69, 9.17) is 0 Å². The van der Waals surface area contributed by atoms with Crippen molar-refractivity contribution < 1.29 is 0 Å². The summed E-state index contributed by atoms with van der Waals surface area (Å²) in [5, 5.41) is 3.57. The average molecular weight is 261 g/mol. The first-order valence-corrected chi connectivity index (χ1v) is 7.59. The van der Waals surface area contributed by atoms with Crippen molar-refractivity contribution in [3.63, 3.8) is 0 Å². The van der Waals surface area contributed by atoms with Crippen LogP contribution in [0.2, 0.25) is 0 Å². The van der Waals surface area contributed by atoms with Crippen LogP contribution in [0.15, 0.2) is 30.3 Å². The van der Waals surface area contributed by atoms with Gasteiger partial charge in [0.1, 0.15) is 0 Å². The molecule has 1 aliphatic heterocycles. The van der Waals surface area contributed by atoms with Crippen LogP contribution in [0, 0.1) is 0 Å². The van der Waals surface area contributed by atoms with Gasteiger partial charge in [-0.3, -0.25) is 4.90 Å². The van der Waals surface area contributed by atoms with E-state index in [0.717, 1.165) is 19.6 Å². The van der Waals surface area contributed by atoms with Gasteiger partial charge in [-0.25, -0.2) is 0 Å². The van der Waals surface area contributed by atoms with Crippen LogP contribution in [0.1, 0.15) is 20.3 Å². The molecule has 1 aliphatic rings. The van der Waals surface area contributed by atoms with Gasteiger partial charge in [0.15, 0.2) is 0 Å². The van der Waals surface area contributed by atoms with E-state index in [1.165, 1.54) is 31.7 Å². The van der Waals surface area contributed by atoms with Crippen LogP contribution in [0.5, 0.6) is 0 Å². The van der Waals surface area contributed by atoms with E-state index in [1.54, 1.807) is 0 Å². The molecule has 19 heavy (non-hydrogen) atoms. The predicted molar refractivity (Wildman–Crippen MR) is 82.9 cm³/mol. The highest BCUT2D eigenvalue weighted by atomic mass is 15.3. The summed E-state index contributed by atoms with van der Waals surface area (Å²) in [5.41, 5.74) is 1.36. The normalized spacial score (nSPS) is 18.5. The van der Waals surface area contributed by atoms with E-state index in [2.05, 4.69) is 59.3 Å². The maximum atomic E-state index is 3.57. The molecule has 1 fully saturated rings. The molecule has 2 rings (SSSR count). The minimum Gasteiger partial charge on any atom is -0.369 e. The summed E-state index contributed by atoms with van der Waals surface area (Å²) in [5.74, 6) is 0. The molecule has 1 heterocycles. The van der Waals surface area contributed by atoms with Gasteiger partial charge in [-0.15, -0.1) is 0 Å². The third kappa shape index (κ3) is 4.22. The number of piperazine rings is 1. The summed E-state index contributed by atoms with van der Waals surface area (Å²) in [6, 6.07) is 11.4. The zero-order valence-electron chi connectivity index (χ0n) is 12.3. The van der Waals surface area contributed by atoms with Gasteiger partial charge in [0.2, 0.25) is 0 Å². The van der Waals surface area contributed by atoms with E-state index < -0.39 is 0 Å². The van der Waals surface area contributed by atoms with Crippen molar-refractivity contribution in [2.45, 2.75) is 26.3 Å². The molecule has 3 heteroatoms. The Morgan fingerprint density at radius 3 is 2.32 bits per heavy atom. The van der Waals surface area contributed by atoms with Crippen molar-refractivity contribution in [1.82, 2.24) is 10.2 Å². The number of anilines is 1. The number of nitrogens with one attached hydrogen (secondary N) is 1. The summed E-state index contributed by atoms with van der Waals surface area (Å²) < 4.78 is 0. The predicted octanol–water partition coefficient (Wildman–Crippen LogP) is 2.20. The standard InChI is InChI=1S/C16H27N3/c1-3-15(17-4-2)14-18-10-12-19(13-11-18)16-8-6-5-7-9-16/h5-9,15,17H,3-4,10-14H2,1-2H3. The molecular weight excluding hydrogens is 234 g/mol. The Morgan fingerprint density at radius 1 is 1.05 bits per heavy atom. The second-order valence-electron chi connectivity index (χ2n) is 5.29. The Hall–Kier alpha value is -1.06. The van der Waals surface area contributed by atoms with Crippen LogP contribution in [0.25, 0.3) is 0 Å². The van der Waals surface area contributed by atoms with Crippen molar-refractivity contribution in [3.8, 4) is 0 Å². The monoisotopic (exact) mass is 261 g/mol. The number of nitrogens with zero attached hydrogens (tertiary/aromatic N) is 2. The largest absolute Gasteiger partial charge is 0.369 e. The molecule has 0 amide bonds. The lowest BCUT2D eigenvalue weighted by molar-refractivity contribution is 0.227. The summed E-state index contributed by atoms with van der Waals surface area (Å²) in [4.78, 5) is 5.08. The van der Waals surface area contributed by atoms with Gasteiger partial charge in [-0.1, -0.05) is 32.0 Å². The fourth-order valence-corrected chi connectivity index (χ4v) is 2.77. The first-order chi connectivity index (χ1) is 9.33. The van der Waals surface area contributed by atoms with Gasteiger partial charge in [-0.2, -0.15) is 0 Å². The van der Waals surface area contributed by atoms with Crippen LogP contribution in [0.3, 0.4) is 0 Å². The van der Waals surface area contributed by atoms with Crippen LogP contribution in [-0.2, 0) is 0 Å². The van der Waals surface area contributed by atoms with Gasteiger partial charge in [0, 0.05) is 44.5 Å². The lowest BCUT2D eigenvalue weighted by Crippen LogP contribution is -2.50. The van der Waals surface area contributed by atoms with Crippen LogP contribution < -0.4 is 10.2 Å². The maximum Gasteiger partial charge on any atom is 0.0367 e. The first-order valence-electron chi connectivity index (χ1n) is 7.59. The van der Waals surface area contributed by atoms with Gasteiger partial charge in [0.05, 0.1) is 0 Å². The summed E-state index contributed by atoms with van der Waals surface area (Å²) in [7, 11) is 0. The van der Waals surface area contributed by atoms with Crippen molar-refractivity contribution in [3.05, 3.63) is 30.3 Å². The van der Waals surface area contributed by atoms with E-state index in [9.17, 15) is 0 Å². The number of rotatable bonds is 6. The Balaban J connectivity index is 1.79. The lowest BCUT2D eigenvalue weighted by Gasteiger charge is -2.37. The molecule has 0 aromatic heterocycles. The fourth-order valence-electron chi connectivity index (χ4n) is 2.77. The third-order valence-corrected chi connectivity index (χ3v) is 3.96. The Labute approximate surface area is 117 Å². The molecule has 1 aromatic carbocycles. The topological polar surface area (TPSA) is 18.5 Å².